The molecule has 0 bridgehead atoms. The highest BCUT2D eigenvalue weighted by molar-refractivity contribution is 5.31. The summed E-state index contributed by atoms with van der Waals surface area (Å²) in [7, 11) is 2.24. The predicted octanol–water partition coefficient (Wildman–Crippen LogP) is 3.81. The Kier molecular flexibility index (Phi) is 5.22. The van der Waals surface area contributed by atoms with Gasteiger partial charge in [-0.2, -0.15) is 0 Å². The molecule has 2 heteroatoms. The van der Waals surface area contributed by atoms with Crippen LogP contribution in [0.5, 0.6) is 0 Å². The van der Waals surface area contributed by atoms with Gasteiger partial charge in [0.1, 0.15) is 0 Å². The van der Waals surface area contributed by atoms with Crippen LogP contribution in [0, 0.1) is 19.8 Å². The Bertz CT molecular complexity index is 433. The van der Waals surface area contributed by atoms with Gasteiger partial charge in [-0.1, -0.05) is 25.1 Å². The molecular weight excluding hydrogens is 244 g/mol. The first-order valence-corrected chi connectivity index (χ1v) is 8.00. The minimum atomic E-state index is 0.124. The molecule has 0 aromatic heterocycles. The van der Waals surface area contributed by atoms with Crippen LogP contribution in [0.15, 0.2) is 18.2 Å². The van der Waals surface area contributed by atoms with Gasteiger partial charge in [-0.15, -0.1) is 0 Å². The Morgan fingerprint density at radius 3 is 2.40 bits per heavy atom. The number of nitrogens with zero attached hydrogens (tertiary/aromatic N) is 1. The van der Waals surface area contributed by atoms with Crippen molar-refractivity contribution < 1.29 is 0 Å². The second-order valence-corrected chi connectivity index (χ2v) is 6.80. The molecular formula is C18H30N2. The maximum Gasteiger partial charge on any atom is 0.0424 e. The predicted molar refractivity (Wildman–Crippen MR) is 86.9 cm³/mol. The standard InChI is InChI=1S/C18H30N2/c1-13-5-9-17(10-6-13)20(4)12-18(19)16-8-7-14(2)15(3)11-16/h7-8,11,13,17-18H,5-6,9-10,12,19H2,1-4H3. The van der Waals surface area contributed by atoms with E-state index in [1.165, 1.54) is 42.4 Å². The van der Waals surface area contributed by atoms with Crippen molar-refractivity contribution in [1.29, 1.82) is 0 Å². The van der Waals surface area contributed by atoms with E-state index in [0.717, 1.165) is 18.5 Å². The Hall–Kier alpha value is -0.860. The largest absolute Gasteiger partial charge is 0.323 e. The average molecular weight is 274 g/mol. The van der Waals surface area contributed by atoms with E-state index in [1.807, 2.05) is 0 Å². The van der Waals surface area contributed by atoms with Gasteiger partial charge in [0, 0.05) is 18.6 Å². The Morgan fingerprint density at radius 2 is 1.80 bits per heavy atom. The lowest BCUT2D eigenvalue weighted by molar-refractivity contribution is 0.162. The van der Waals surface area contributed by atoms with Crippen molar-refractivity contribution in [2.45, 2.75) is 58.5 Å². The van der Waals surface area contributed by atoms with E-state index >= 15 is 0 Å². The summed E-state index contributed by atoms with van der Waals surface area (Å²) in [4.78, 5) is 2.48. The molecule has 2 rings (SSSR count). The summed E-state index contributed by atoms with van der Waals surface area (Å²) in [5, 5.41) is 0. The molecule has 1 aliphatic rings. The molecule has 0 aliphatic heterocycles. The average Bonchev–Trinajstić information content (AvgIpc) is 2.42. The van der Waals surface area contributed by atoms with Gasteiger partial charge in [0.15, 0.2) is 0 Å². The summed E-state index contributed by atoms with van der Waals surface area (Å²) in [6.07, 6.45) is 5.40. The zero-order valence-electron chi connectivity index (χ0n) is 13.5. The third-order valence-corrected chi connectivity index (χ3v) is 5.05. The molecule has 1 aromatic carbocycles. The molecule has 20 heavy (non-hydrogen) atoms. The van der Waals surface area contributed by atoms with Gasteiger partial charge in [-0.25, -0.2) is 0 Å². The molecule has 0 radical (unpaired) electrons. The van der Waals surface area contributed by atoms with Crippen molar-refractivity contribution in [3.8, 4) is 0 Å². The van der Waals surface area contributed by atoms with Gasteiger partial charge in [0.05, 0.1) is 0 Å². The first-order chi connectivity index (χ1) is 9.47. The third-order valence-electron chi connectivity index (χ3n) is 5.05. The second-order valence-electron chi connectivity index (χ2n) is 6.80. The van der Waals surface area contributed by atoms with E-state index in [9.17, 15) is 0 Å². The SMILES string of the molecule is Cc1ccc(C(N)CN(C)C2CCC(C)CC2)cc1C. The minimum absolute atomic E-state index is 0.124. The molecule has 2 N–H and O–H groups in total. The maximum absolute atomic E-state index is 6.41. The highest BCUT2D eigenvalue weighted by Crippen LogP contribution is 2.27. The summed E-state index contributed by atoms with van der Waals surface area (Å²) in [5.74, 6) is 0.910. The van der Waals surface area contributed by atoms with E-state index in [0.29, 0.717) is 0 Å². The fourth-order valence-electron chi connectivity index (χ4n) is 3.24. The molecule has 1 atom stereocenters. The zero-order chi connectivity index (χ0) is 14.7. The Morgan fingerprint density at radius 1 is 1.15 bits per heavy atom. The topological polar surface area (TPSA) is 29.3 Å². The van der Waals surface area contributed by atoms with Gasteiger partial charge in [-0.3, -0.25) is 0 Å². The van der Waals surface area contributed by atoms with E-state index < -0.39 is 0 Å². The van der Waals surface area contributed by atoms with E-state index in [1.54, 1.807) is 0 Å². The van der Waals surface area contributed by atoms with Crippen molar-refractivity contribution in [3.63, 3.8) is 0 Å². The zero-order valence-corrected chi connectivity index (χ0v) is 13.5. The fraction of sp³-hybridized carbons (Fsp3) is 0.667. The molecule has 0 amide bonds. The Balaban J connectivity index is 1.93. The molecule has 112 valence electrons. The summed E-state index contributed by atoms with van der Waals surface area (Å²) < 4.78 is 0. The Labute approximate surface area is 124 Å². The van der Waals surface area contributed by atoms with Crippen LogP contribution in [0.2, 0.25) is 0 Å². The summed E-state index contributed by atoms with van der Waals surface area (Å²) in [6.45, 7) is 7.65. The minimum Gasteiger partial charge on any atom is -0.323 e. The van der Waals surface area contributed by atoms with Gasteiger partial charge < -0.3 is 10.6 Å². The second kappa shape index (κ2) is 6.73. The monoisotopic (exact) mass is 274 g/mol. The van der Waals surface area contributed by atoms with Gasteiger partial charge in [-0.05, 0) is 69.2 Å². The van der Waals surface area contributed by atoms with Crippen molar-refractivity contribution in [3.05, 3.63) is 34.9 Å². The maximum atomic E-state index is 6.41. The summed E-state index contributed by atoms with van der Waals surface area (Å²) >= 11 is 0. The van der Waals surface area contributed by atoms with Crippen LogP contribution in [0.3, 0.4) is 0 Å². The number of nitrogens with two attached hydrogens (primary N) is 1. The summed E-state index contributed by atoms with van der Waals surface area (Å²) in [5.41, 5.74) is 10.4. The fourth-order valence-corrected chi connectivity index (χ4v) is 3.24. The number of rotatable bonds is 4. The highest BCUT2D eigenvalue weighted by atomic mass is 15.1. The van der Waals surface area contributed by atoms with Crippen LogP contribution in [-0.4, -0.2) is 24.5 Å². The van der Waals surface area contributed by atoms with Crippen LogP contribution < -0.4 is 5.73 Å². The molecule has 0 heterocycles. The van der Waals surface area contributed by atoms with Crippen LogP contribution >= 0.6 is 0 Å². The van der Waals surface area contributed by atoms with E-state index in [2.05, 4.69) is 50.9 Å². The van der Waals surface area contributed by atoms with Crippen molar-refractivity contribution in [2.75, 3.05) is 13.6 Å². The van der Waals surface area contributed by atoms with Crippen LogP contribution in [0.1, 0.15) is 55.3 Å². The number of likely N-dealkylation sites (N-methyl/N-ethyl adjacent to an activating group) is 1. The first-order valence-electron chi connectivity index (χ1n) is 8.00. The van der Waals surface area contributed by atoms with Crippen molar-refractivity contribution in [1.82, 2.24) is 4.90 Å². The highest BCUT2D eigenvalue weighted by Gasteiger charge is 2.23. The number of benzene rings is 1. The first kappa shape index (κ1) is 15.5. The molecule has 2 nitrogen and oxygen atoms in total. The van der Waals surface area contributed by atoms with Crippen molar-refractivity contribution in [2.24, 2.45) is 11.7 Å². The number of hydrogen-bond acceptors (Lipinski definition) is 2. The van der Waals surface area contributed by atoms with Crippen LogP contribution in [-0.2, 0) is 0 Å². The molecule has 1 aromatic rings. The van der Waals surface area contributed by atoms with E-state index in [-0.39, 0.29) is 6.04 Å². The number of hydrogen-bond donors (Lipinski definition) is 1. The lowest BCUT2D eigenvalue weighted by Gasteiger charge is -2.35. The molecule has 1 fully saturated rings. The van der Waals surface area contributed by atoms with Gasteiger partial charge >= 0.3 is 0 Å². The van der Waals surface area contributed by atoms with E-state index in [4.69, 9.17) is 5.73 Å². The normalized spacial score (nSPS) is 24.9. The third kappa shape index (κ3) is 3.83. The van der Waals surface area contributed by atoms with Crippen LogP contribution in [0.25, 0.3) is 0 Å². The van der Waals surface area contributed by atoms with Crippen molar-refractivity contribution >= 4 is 0 Å². The lowest BCUT2D eigenvalue weighted by Crippen LogP contribution is -2.39. The van der Waals surface area contributed by atoms with Gasteiger partial charge in [0.2, 0.25) is 0 Å². The smallest absolute Gasteiger partial charge is 0.0424 e. The summed E-state index contributed by atoms with van der Waals surface area (Å²) in [6, 6.07) is 7.47. The quantitative estimate of drug-likeness (QED) is 0.904. The van der Waals surface area contributed by atoms with Gasteiger partial charge in [0.25, 0.3) is 0 Å². The van der Waals surface area contributed by atoms with Crippen LogP contribution in [0.4, 0.5) is 0 Å². The molecule has 0 saturated heterocycles. The number of aryl methyl sites for hydroxylation is 2. The molecule has 1 aliphatic carbocycles. The lowest BCUT2D eigenvalue weighted by atomic mass is 9.86. The molecule has 0 spiro atoms. The molecule has 1 unspecified atom stereocenters. The molecule has 1 saturated carbocycles.